The molecule has 0 aromatic rings. The molecule has 7 nitrogen and oxygen atoms in total. The van der Waals surface area contributed by atoms with Crippen molar-refractivity contribution >= 4 is 17.8 Å². The van der Waals surface area contributed by atoms with E-state index in [9.17, 15) is 14.4 Å². The highest BCUT2D eigenvalue weighted by molar-refractivity contribution is 5.88. The first-order chi connectivity index (χ1) is 11.5. The van der Waals surface area contributed by atoms with Crippen LogP contribution in [0.1, 0.15) is 38.5 Å². The van der Waals surface area contributed by atoms with Gasteiger partial charge < -0.3 is 20.6 Å². The summed E-state index contributed by atoms with van der Waals surface area (Å²) in [5.41, 5.74) is 1.20. The van der Waals surface area contributed by atoms with Crippen LogP contribution in [-0.4, -0.2) is 60.5 Å². The molecule has 1 unspecified atom stereocenters. The summed E-state index contributed by atoms with van der Waals surface area (Å²) < 4.78 is 0. The molecule has 0 aromatic heterocycles. The summed E-state index contributed by atoms with van der Waals surface area (Å²) in [7, 11) is 0. The molecule has 2 fully saturated rings. The van der Waals surface area contributed by atoms with Crippen LogP contribution in [0.2, 0.25) is 0 Å². The van der Waals surface area contributed by atoms with Crippen molar-refractivity contribution in [1.29, 1.82) is 0 Å². The Labute approximate surface area is 142 Å². The van der Waals surface area contributed by atoms with Crippen LogP contribution in [0.3, 0.4) is 0 Å². The Bertz CT molecular complexity index is 496. The molecule has 0 aliphatic carbocycles. The van der Waals surface area contributed by atoms with E-state index in [0.717, 1.165) is 45.3 Å². The Morgan fingerprint density at radius 2 is 2.04 bits per heavy atom. The first kappa shape index (κ1) is 18.4. The van der Waals surface area contributed by atoms with Gasteiger partial charge in [-0.3, -0.25) is 14.4 Å². The van der Waals surface area contributed by atoms with Gasteiger partial charge in [-0.15, -0.1) is 0 Å². The second-order valence-corrected chi connectivity index (χ2v) is 6.54. The van der Waals surface area contributed by atoms with Gasteiger partial charge in [0, 0.05) is 32.1 Å². The number of nitrogens with one attached hydrogen (secondary N) is 2. The number of aliphatic carboxylic acids is 1. The zero-order valence-electron chi connectivity index (χ0n) is 14.1. The second kappa shape index (κ2) is 9.42. The Kier molecular flexibility index (Phi) is 7.24. The molecule has 2 saturated heterocycles. The van der Waals surface area contributed by atoms with Gasteiger partial charge in [0.15, 0.2) is 0 Å². The van der Waals surface area contributed by atoms with E-state index in [4.69, 9.17) is 5.11 Å². The van der Waals surface area contributed by atoms with E-state index < -0.39 is 5.97 Å². The fraction of sp³-hybridized carbons (Fsp3) is 0.706. The van der Waals surface area contributed by atoms with E-state index in [1.54, 1.807) is 6.08 Å². The zero-order chi connectivity index (χ0) is 17.4. The van der Waals surface area contributed by atoms with Gasteiger partial charge in [0.1, 0.15) is 0 Å². The van der Waals surface area contributed by atoms with Crippen molar-refractivity contribution < 1.29 is 19.5 Å². The van der Waals surface area contributed by atoms with Crippen LogP contribution in [0.4, 0.5) is 0 Å². The Morgan fingerprint density at radius 1 is 1.29 bits per heavy atom. The molecule has 1 atom stereocenters. The lowest BCUT2D eigenvalue weighted by molar-refractivity contribution is -0.137. The van der Waals surface area contributed by atoms with Crippen LogP contribution in [0, 0.1) is 5.92 Å². The molecule has 2 aliphatic rings. The number of hydrogen-bond donors (Lipinski definition) is 3. The average Bonchev–Trinajstić information content (AvgIpc) is 2.55. The predicted octanol–water partition coefficient (Wildman–Crippen LogP) is 0.516. The van der Waals surface area contributed by atoms with Crippen LogP contribution in [0.25, 0.3) is 0 Å². The van der Waals surface area contributed by atoms with Gasteiger partial charge in [-0.05, 0) is 44.7 Å². The molecule has 24 heavy (non-hydrogen) atoms. The maximum absolute atomic E-state index is 12.4. The molecule has 2 amide bonds. The highest BCUT2D eigenvalue weighted by Gasteiger charge is 2.24. The number of piperidine rings is 2. The van der Waals surface area contributed by atoms with Crippen molar-refractivity contribution in [3.8, 4) is 0 Å². The molecular weight excluding hydrogens is 310 g/mol. The van der Waals surface area contributed by atoms with Crippen molar-refractivity contribution in [3.63, 3.8) is 0 Å². The van der Waals surface area contributed by atoms with Crippen LogP contribution < -0.4 is 10.6 Å². The normalized spacial score (nSPS) is 21.2. The summed E-state index contributed by atoms with van der Waals surface area (Å²) in [6.45, 7) is 3.37. The third-order valence-electron chi connectivity index (χ3n) is 4.54. The summed E-state index contributed by atoms with van der Waals surface area (Å²) in [6, 6.07) is 0. The standard InChI is InChI=1S/C17H27N3O4/c21-15(19-8-5-17(23)24)10-14-2-1-9-20(12-14)16(22)11-13-3-6-18-7-4-13/h11,14,18H,1-10,12H2,(H,19,21)(H,23,24). The van der Waals surface area contributed by atoms with Gasteiger partial charge in [0.2, 0.25) is 11.8 Å². The van der Waals surface area contributed by atoms with Gasteiger partial charge in [-0.2, -0.15) is 0 Å². The molecule has 7 heteroatoms. The summed E-state index contributed by atoms with van der Waals surface area (Å²) in [5, 5.41) is 14.5. The van der Waals surface area contributed by atoms with E-state index in [0.29, 0.717) is 13.0 Å². The number of likely N-dealkylation sites (tertiary alicyclic amines) is 1. The van der Waals surface area contributed by atoms with Crippen molar-refractivity contribution in [2.45, 2.75) is 38.5 Å². The van der Waals surface area contributed by atoms with E-state index in [-0.39, 0.29) is 30.7 Å². The number of carbonyl (C=O) groups is 3. The lowest BCUT2D eigenvalue weighted by atomic mass is 9.94. The summed E-state index contributed by atoms with van der Waals surface area (Å²) in [4.78, 5) is 36.6. The van der Waals surface area contributed by atoms with Crippen LogP contribution in [0.15, 0.2) is 11.6 Å². The molecule has 3 N–H and O–H groups in total. The highest BCUT2D eigenvalue weighted by atomic mass is 16.4. The summed E-state index contributed by atoms with van der Waals surface area (Å²) >= 11 is 0. The number of carboxylic acid groups (broad SMARTS) is 1. The minimum Gasteiger partial charge on any atom is -0.481 e. The molecule has 2 aliphatic heterocycles. The van der Waals surface area contributed by atoms with Crippen molar-refractivity contribution in [3.05, 3.63) is 11.6 Å². The van der Waals surface area contributed by atoms with Crippen molar-refractivity contribution in [2.75, 3.05) is 32.7 Å². The molecule has 2 heterocycles. The smallest absolute Gasteiger partial charge is 0.305 e. The van der Waals surface area contributed by atoms with E-state index in [1.807, 2.05) is 4.90 Å². The number of hydrogen-bond acceptors (Lipinski definition) is 4. The maximum atomic E-state index is 12.4. The predicted molar refractivity (Wildman–Crippen MR) is 89.4 cm³/mol. The number of nitrogens with zero attached hydrogens (tertiary/aromatic N) is 1. The van der Waals surface area contributed by atoms with Crippen LogP contribution >= 0.6 is 0 Å². The highest BCUT2D eigenvalue weighted by Crippen LogP contribution is 2.20. The molecule has 0 saturated carbocycles. The third-order valence-corrected chi connectivity index (χ3v) is 4.54. The van der Waals surface area contributed by atoms with Gasteiger partial charge in [0.05, 0.1) is 6.42 Å². The summed E-state index contributed by atoms with van der Waals surface area (Å²) in [5.74, 6) is -0.843. The lowest BCUT2D eigenvalue weighted by Crippen LogP contribution is -2.41. The van der Waals surface area contributed by atoms with Crippen molar-refractivity contribution in [2.24, 2.45) is 5.92 Å². The molecule has 134 valence electrons. The Morgan fingerprint density at radius 3 is 2.75 bits per heavy atom. The van der Waals surface area contributed by atoms with Gasteiger partial charge in [-0.1, -0.05) is 5.57 Å². The van der Waals surface area contributed by atoms with Gasteiger partial charge in [-0.25, -0.2) is 0 Å². The van der Waals surface area contributed by atoms with Gasteiger partial charge >= 0.3 is 5.97 Å². The topological polar surface area (TPSA) is 98.7 Å². The van der Waals surface area contributed by atoms with Gasteiger partial charge in [0.25, 0.3) is 0 Å². The molecular formula is C17H27N3O4. The van der Waals surface area contributed by atoms with E-state index in [1.165, 1.54) is 5.57 Å². The second-order valence-electron chi connectivity index (χ2n) is 6.54. The maximum Gasteiger partial charge on any atom is 0.305 e. The number of rotatable bonds is 6. The Balaban J connectivity index is 1.77. The minimum absolute atomic E-state index is 0.0582. The summed E-state index contributed by atoms with van der Waals surface area (Å²) in [6.07, 6.45) is 5.74. The molecule has 0 spiro atoms. The van der Waals surface area contributed by atoms with Crippen LogP contribution in [0.5, 0.6) is 0 Å². The molecule has 0 bridgehead atoms. The van der Waals surface area contributed by atoms with E-state index in [2.05, 4.69) is 10.6 Å². The minimum atomic E-state index is -0.921. The average molecular weight is 337 g/mol. The number of carbonyl (C=O) groups excluding carboxylic acids is 2. The monoisotopic (exact) mass is 337 g/mol. The molecule has 2 rings (SSSR count). The third kappa shape index (κ3) is 6.31. The lowest BCUT2D eigenvalue weighted by Gasteiger charge is -2.32. The van der Waals surface area contributed by atoms with E-state index >= 15 is 0 Å². The molecule has 0 aromatic carbocycles. The first-order valence-electron chi connectivity index (χ1n) is 8.72. The number of carboxylic acids is 1. The molecule has 0 radical (unpaired) electrons. The SMILES string of the molecule is O=C(O)CCNC(=O)CC1CCCN(C(=O)C=C2CCNCC2)C1. The zero-order valence-corrected chi connectivity index (χ0v) is 14.1. The first-order valence-corrected chi connectivity index (χ1v) is 8.72. The largest absolute Gasteiger partial charge is 0.481 e. The van der Waals surface area contributed by atoms with Crippen LogP contribution in [-0.2, 0) is 14.4 Å². The number of amides is 2. The fourth-order valence-corrected chi connectivity index (χ4v) is 3.23. The fourth-order valence-electron chi connectivity index (χ4n) is 3.23. The van der Waals surface area contributed by atoms with Crippen molar-refractivity contribution in [1.82, 2.24) is 15.5 Å². The quantitative estimate of drug-likeness (QED) is 0.614. The Hall–Kier alpha value is -1.89.